The van der Waals surface area contributed by atoms with Gasteiger partial charge in [0.2, 0.25) is 5.91 Å². The van der Waals surface area contributed by atoms with Crippen LogP contribution in [0.5, 0.6) is 0 Å². The molecule has 1 fully saturated rings. The summed E-state index contributed by atoms with van der Waals surface area (Å²) in [6.45, 7) is 4.24. The normalized spacial score (nSPS) is 17.2. The lowest BCUT2D eigenvalue weighted by Crippen LogP contribution is -2.47. The van der Waals surface area contributed by atoms with Crippen LogP contribution >= 0.6 is 0 Å². The highest BCUT2D eigenvalue weighted by atomic mass is 16.2. The summed E-state index contributed by atoms with van der Waals surface area (Å²) in [5, 5.41) is 5.93. The average Bonchev–Trinajstić information content (AvgIpc) is 3.05. The molecule has 0 atom stereocenters. The van der Waals surface area contributed by atoms with E-state index in [-0.39, 0.29) is 11.5 Å². The van der Waals surface area contributed by atoms with Crippen LogP contribution in [-0.2, 0) is 11.2 Å². The third-order valence-electron chi connectivity index (χ3n) is 5.81. The van der Waals surface area contributed by atoms with E-state index < -0.39 is 0 Å². The van der Waals surface area contributed by atoms with E-state index in [1.807, 2.05) is 24.3 Å². The van der Waals surface area contributed by atoms with E-state index in [1.54, 1.807) is 0 Å². The molecule has 1 amide bonds. The van der Waals surface area contributed by atoms with Crippen LogP contribution in [0.2, 0.25) is 0 Å². The van der Waals surface area contributed by atoms with Gasteiger partial charge in [-0.15, -0.1) is 0 Å². The monoisotopic (exact) mass is 362 g/mol. The standard InChI is InChI=1S/C21H22N4O2/c1-24-7-9-25(10-8-24)12-18(26)22-16-5-6-17-20-15(16)11-13-3-2-4-14(19(13)20)21(27)23-17/h2-6H,7-12H2,1H3,(H,22,26)(H,23,27). The van der Waals surface area contributed by atoms with Crippen LogP contribution in [0.15, 0.2) is 35.1 Å². The summed E-state index contributed by atoms with van der Waals surface area (Å²) in [6.07, 6.45) is 0.741. The first-order chi connectivity index (χ1) is 13.1. The Hall–Kier alpha value is -2.70. The van der Waals surface area contributed by atoms with E-state index in [9.17, 15) is 9.59 Å². The number of hydrogen-bond donors (Lipinski definition) is 2. The summed E-state index contributed by atoms with van der Waals surface area (Å²) in [4.78, 5) is 32.4. The molecule has 1 aliphatic carbocycles. The van der Waals surface area contributed by atoms with Crippen molar-refractivity contribution in [3.63, 3.8) is 0 Å². The average molecular weight is 362 g/mol. The number of amides is 1. The smallest absolute Gasteiger partial charge is 0.256 e. The Morgan fingerprint density at radius 2 is 1.93 bits per heavy atom. The van der Waals surface area contributed by atoms with Crippen molar-refractivity contribution in [2.75, 3.05) is 45.1 Å². The highest BCUT2D eigenvalue weighted by Crippen LogP contribution is 2.39. The summed E-state index contributed by atoms with van der Waals surface area (Å²) in [6, 6.07) is 9.67. The maximum atomic E-state index is 12.6. The second-order valence-electron chi connectivity index (χ2n) is 7.61. The zero-order valence-corrected chi connectivity index (χ0v) is 15.3. The van der Waals surface area contributed by atoms with Crippen LogP contribution in [0.25, 0.3) is 21.7 Å². The Labute approximate surface area is 156 Å². The van der Waals surface area contributed by atoms with Crippen LogP contribution in [0.4, 0.5) is 5.69 Å². The molecule has 3 aromatic rings. The number of H-pyrrole nitrogens is 1. The molecule has 0 saturated carbocycles. The van der Waals surface area contributed by atoms with E-state index in [4.69, 9.17) is 0 Å². The Kier molecular flexibility index (Phi) is 3.77. The van der Waals surface area contributed by atoms with Crippen molar-refractivity contribution in [2.24, 2.45) is 0 Å². The van der Waals surface area contributed by atoms with Gasteiger partial charge in [-0.1, -0.05) is 12.1 Å². The van der Waals surface area contributed by atoms with Crippen LogP contribution in [0.3, 0.4) is 0 Å². The molecule has 0 unspecified atom stereocenters. The fourth-order valence-electron chi connectivity index (χ4n) is 4.35. The summed E-state index contributed by atoms with van der Waals surface area (Å²) in [5.41, 5.74) is 3.88. The second-order valence-corrected chi connectivity index (χ2v) is 7.61. The molecule has 0 bridgehead atoms. The first-order valence-corrected chi connectivity index (χ1v) is 9.40. The minimum atomic E-state index is -0.0564. The van der Waals surface area contributed by atoms with E-state index in [0.29, 0.717) is 6.54 Å². The molecule has 2 N–H and O–H groups in total. The summed E-state index contributed by atoms with van der Waals surface area (Å²) < 4.78 is 0. The van der Waals surface area contributed by atoms with E-state index in [2.05, 4.69) is 33.2 Å². The molecular weight excluding hydrogens is 340 g/mol. The molecule has 1 aliphatic heterocycles. The van der Waals surface area contributed by atoms with E-state index >= 15 is 0 Å². The Morgan fingerprint density at radius 3 is 2.74 bits per heavy atom. The number of aromatic amines is 1. The number of benzene rings is 2. The lowest BCUT2D eigenvalue weighted by atomic mass is 10.1. The fraction of sp³-hybridized carbons (Fsp3) is 0.333. The van der Waals surface area contributed by atoms with Crippen molar-refractivity contribution in [3.05, 3.63) is 51.8 Å². The van der Waals surface area contributed by atoms with Crippen LogP contribution in [-0.4, -0.2) is 60.5 Å². The largest absolute Gasteiger partial charge is 0.325 e. The molecule has 2 aromatic carbocycles. The molecular formula is C21H22N4O2. The van der Waals surface area contributed by atoms with Gasteiger partial charge in [0.25, 0.3) is 5.56 Å². The van der Waals surface area contributed by atoms with Crippen LogP contribution in [0.1, 0.15) is 11.1 Å². The number of hydrogen-bond acceptors (Lipinski definition) is 4. The molecule has 2 aliphatic rings. The Bertz CT molecular complexity index is 1130. The number of carbonyl (C=O) groups is 1. The SMILES string of the molecule is CN1CCN(CC(=O)Nc2ccc3[nH]c(=O)c4cccc5c4c3c2C5)CC1. The van der Waals surface area contributed by atoms with Gasteiger partial charge in [-0.3, -0.25) is 14.5 Å². The van der Waals surface area contributed by atoms with E-state index in [0.717, 1.165) is 71.1 Å². The third-order valence-corrected chi connectivity index (χ3v) is 5.81. The number of pyridine rings is 1. The fourth-order valence-corrected chi connectivity index (χ4v) is 4.35. The number of likely N-dealkylation sites (N-methyl/N-ethyl adjacent to an activating group) is 1. The van der Waals surface area contributed by atoms with Crippen LogP contribution in [0, 0.1) is 0 Å². The predicted octanol–water partition coefficient (Wildman–Crippen LogP) is 1.77. The van der Waals surface area contributed by atoms with Gasteiger partial charge in [0.15, 0.2) is 0 Å². The first-order valence-electron chi connectivity index (χ1n) is 9.40. The molecule has 6 heteroatoms. The van der Waals surface area contributed by atoms with Crippen molar-refractivity contribution in [1.82, 2.24) is 14.8 Å². The van der Waals surface area contributed by atoms with Gasteiger partial charge in [-0.2, -0.15) is 0 Å². The van der Waals surface area contributed by atoms with Gasteiger partial charge in [-0.25, -0.2) is 0 Å². The van der Waals surface area contributed by atoms with Crippen molar-refractivity contribution < 1.29 is 4.79 Å². The van der Waals surface area contributed by atoms with E-state index in [1.165, 1.54) is 0 Å². The number of piperazine rings is 1. The minimum absolute atomic E-state index is 0.0202. The number of nitrogens with zero attached hydrogens (tertiary/aromatic N) is 2. The molecule has 0 spiro atoms. The third kappa shape index (κ3) is 2.72. The number of nitrogens with one attached hydrogen (secondary N) is 2. The quantitative estimate of drug-likeness (QED) is 0.545. The Balaban J connectivity index is 1.46. The number of aromatic nitrogens is 1. The molecule has 2 heterocycles. The van der Waals surface area contributed by atoms with Gasteiger partial charge in [0, 0.05) is 60.0 Å². The van der Waals surface area contributed by atoms with Crippen molar-refractivity contribution in [2.45, 2.75) is 6.42 Å². The zero-order valence-electron chi connectivity index (χ0n) is 15.3. The number of anilines is 1. The molecule has 6 nitrogen and oxygen atoms in total. The summed E-state index contributed by atoms with van der Waals surface area (Å²) >= 11 is 0. The molecule has 1 aromatic heterocycles. The number of rotatable bonds is 3. The van der Waals surface area contributed by atoms with Gasteiger partial charge < -0.3 is 15.2 Å². The summed E-state index contributed by atoms with van der Waals surface area (Å²) in [5.74, 6) is 0.0202. The first kappa shape index (κ1) is 16.5. The van der Waals surface area contributed by atoms with Gasteiger partial charge >= 0.3 is 0 Å². The highest BCUT2D eigenvalue weighted by Gasteiger charge is 2.23. The molecule has 0 radical (unpaired) electrons. The van der Waals surface area contributed by atoms with Gasteiger partial charge in [0.1, 0.15) is 0 Å². The maximum Gasteiger partial charge on any atom is 0.256 e. The molecule has 138 valence electrons. The second kappa shape index (κ2) is 6.18. The molecule has 1 saturated heterocycles. The van der Waals surface area contributed by atoms with Gasteiger partial charge in [0.05, 0.1) is 6.54 Å². The molecule has 27 heavy (non-hydrogen) atoms. The lowest BCUT2D eigenvalue weighted by Gasteiger charge is -2.31. The predicted molar refractivity (Wildman–Crippen MR) is 107 cm³/mol. The zero-order chi connectivity index (χ0) is 18.5. The molecule has 5 rings (SSSR count). The van der Waals surface area contributed by atoms with Crippen molar-refractivity contribution in [1.29, 1.82) is 0 Å². The topological polar surface area (TPSA) is 68.4 Å². The highest BCUT2D eigenvalue weighted by molar-refractivity contribution is 6.14. The Morgan fingerprint density at radius 1 is 1.11 bits per heavy atom. The number of carbonyl (C=O) groups excluding carboxylic acids is 1. The van der Waals surface area contributed by atoms with Crippen molar-refractivity contribution in [3.8, 4) is 0 Å². The minimum Gasteiger partial charge on any atom is -0.325 e. The van der Waals surface area contributed by atoms with Crippen molar-refractivity contribution >= 4 is 33.3 Å². The maximum absolute atomic E-state index is 12.6. The lowest BCUT2D eigenvalue weighted by molar-refractivity contribution is -0.117. The van der Waals surface area contributed by atoms with Crippen LogP contribution < -0.4 is 10.9 Å². The summed E-state index contributed by atoms with van der Waals surface area (Å²) in [7, 11) is 2.11. The van der Waals surface area contributed by atoms with Gasteiger partial charge in [-0.05, 0) is 36.4 Å².